The second-order valence-electron chi connectivity index (χ2n) is 9.24. The summed E-state index contributed by atoms with van der Waals surface area (Å²) in [5, 5.41) is 0. The van der Waals surface area contributed by atoms with Crippen molar-refractivity contribution in [3.63, 3.8) is 0 Å². The first-order chi connectivity index (χ1) is 14.6. The zero-order valence-electron chi connectivity index (χ0n) is 18.9. The molecule has 0 N–H and O–H groups in total. The lowest BCUT2D eigenvalue weighted by Crippen LogP contribution is -2.12. The number of aryl methyl sites for hydroxylation is 1. The van der Waals surface area contributed by atoms with E-state index < -0.39 is 0 Å². The number of hydrogen-bond acceptors (Lipinski definition) is 3. The van der Waals surface area contributed by atoms with Crippen LogP contribution in [0.3, 0.4) is 0 Å². The van der Waals surface area contributed by atoms with Crippen molar-refractivity contribution in [2.75, 3.05) is 0 Å². The molecule has 0 fully saturated rings. The number of hydrogen-bond donors (Lipinski definition) is 0. The van der Waals surface area contributed by atoms with Crippen LogP contribution in [-0.2, 0) is 5.41 Å². The van der Waals surface area contributed by atoms with Crippen LogP contribution < -0.4 is 4.74 Å². The summed E-state index contributed by atoms with van der Waals surface area (Å²) in [6.45, 7) is 12.2. The van der Waals surface area contributed by atoms with Gasteiger partial charge in [-0.1, -0.05) is 26.8 Å². The van der Waals surface area contributed by atoms with Gasteiger partial charge in [-0.3, -0.25) is 9.38 Å². The first-order valence-corrected chi connectivity index (χ1v) is 10.5. The molecule has 4 nitrogen and oxygen atoms in total. The van der Waals surface area contributed by atoms with Gasteiger partial charge in [-0.25, -0.2) is 9.37 Å². The van der Waals surface area contributed by atoms with Gasteiger partial charge in [0.2, 0.25) is 0 Å². The highest BCUT2D eigenvalue weighted by atomic mass is 19.1. The molecule has 3 aromatic heterocycles. The van der Waals surface area contributed by atoms with E-state index >= 15 is 0 Å². The van der Waals surface area contributed by atoms with E-state index in [-0.39, 0.29) is 23.1 Å². The highest BCUT2D eigenvalue weighted by Gasteiger charge is 2.16. The number of pyridine rings is 2. The number of fused-ring (bicyclic) bond motifs is 1. The Morgan fingerprint density at radius 2 is 1.71 bits per heavy atom. The maximum Gasteiger partial charge on any atom is 0.165 e. The van der Waals surface area contributed by atoms with Crippen LogP contribution in [0.15, 0.2) is 55.0 Å². The number of nitrogens with zero attached hydrogens (tertiary/aromatic N) is 3. The first kappa shape index (κ1) is 21.0. The number of benzene rings is 1. The fourth-order valence-electron chi connectivity index (χ4n) is 3.64. The van der Waals surface area contributed by atoms with Crippen molar-refractivity contribution >= 4 is 5.65 Å². The lowest BCUT2D eigenvalue weighted by Gasteiger charge is -2.17. The van der Waals surface area contributed by atoms with Crippen molar-refractivity contribution in [3.8, 4) is 28.1 Å². The van der Waals surface area contributed by atoms with Crippen LogP contribution >= 0.6 is 0 Å². The molecular weight excluding hydrogens is 389 g/mol. The van der Waals surface area contributed by atoms with Gasteiger partial charge in [0.1, 0.15) is 5.65 Å². The van der Waals surface area contributed by atoms with E-state index in [4.69, 9.17) is 4.74 Å². The third kappa shape index (κ3) is 4.18. The molecule has 0 amide bonds. The average Bonchev–Trinajstić information content (AvgIpc) is 3.10. The minimum atomic E-state index is -0.362. The van der Waals surface area contributed by atoms with Gasteiger partial charge < -0.3 is 4.74 Å². The van der Waals surface area contributed by atoms with Crippen LogP contribution in [0.5, 0.6) is 5.75 Å². The number of ether oxygens (including phenoxy) is 1. The monoisotopic (exact) mass is 417 g/mol. The molecule has 0 aliphatic rings. The summed E-state index contributed by atoms with van der Waals surface area (Å²) in [6.07, 6.45) is 5.68. The zero-order valence-corrected chi connectivity index (χ0v) is 18.9. The molecule has 0 aliphatic carbocycles. The molecule has 0 bridgehead atoms. The zero-order chi connectivity index (χ0) is 22.3. The largest absolute Gasteiger partial charge is 0.488 e. The van der Waals surface area contributed by atoms with E-state index in [0.717, 1.165) is 39.3 Å². The lowest BCUT2D eigenvalue weighted by molar-refractivity contribution is 0.231. The van der Waals surface area contributed by atoms with Gasteiger partial charge in [0.05, 0.1) is 18.0 Å². The summed E-state index contributed by atoms with van der Waals surface area (Å²) in [4.78, 5) is 9.22. The Bertz CT molecular complexity index is 1230. The van der Waals surface area contributed by atoms with E-state index in [2.05, 4.69) is 42.9 Å². The first-order valence-electron chi connectivity index (χ1n) is 10.5. The quantitative estimate of drug-likeness (QED) is 0.376. The maximum atomic E-state index is 14.6. The third-order valence-corrected chi connectivity index (χ3v) is 5.29. The Hall–Kier alpha value is -3.21. The molecule has 31 heavy (non-hydrogen) atoms. The highest BCUT2D eigenvalue weighted by molar-refractivity contribution is 5.72. The van der Waals surface area contributed by atoms with Crippen LogP contribution in [0.25, 0.3) is 28.0 Å². The molecule has 0 atom stereocenters. The number of imidazole rings is 1. The van der Waals surface area contributed by atoms with Crippen LogP contribution in [0.2, 0.25) is 0 Å². The highest BCUT2D eigenvalue weighted by Crippen LogP contribution is 2.31. The second kappa shape index (κ2) is 7.80. The summed E-state index contributed by atoms with van der Waals surface area (Å²) >= 11 is 0. The van der Waals surface area contributed by atoms with Gasteiger partial charge in [-0.15, -0.1) is 0 Å². The van der Waals surface area contributed by atoms with Crippen LogP contribution in [0, 0.1) is 12.7 Å². The standard InChI is InChI=1S/C26H28FN3O/c1-16(2)31-23-9-7-18(12-21(23)27)20-15-30-22(14-29-25(30)11-17(20)3)19-8-10-24(28-13-19)26(4,5)6/h7-16H,1-6H3. The van der Waals surface area contributed by atoms with Crippen molar-refractivity contribution in [2.45, 2.75) is 53.1 Å². The van der Waals surface area contributed by atoms with E-state index in [0.29, 0.717) is 0 Å². The van der Waals surface area contributed by atoms with Gasteiger partial charge in [-0.2, -0.15) is 0 Å². The Balaban J connectivity index is 1.77. The van der Waals surface area contributed by atoms with Crippen molar-refractivity contribution in [3.05, 3.63) is 72.1 Å². The number of aromatic nitrogens is 3. The Morgan fingerprint density at radius 3 is 2.32 bits per heavy atom. The Kier molecular flexibility index (Phi) is 5.29. The molecule has 0 saturated heterocycles. The van der Waals surface area contributed by atoms with Crippen LogP contribution in [0.1, 0.15) is 45.9 Å². The predicted molar refractivity (Wildman–Crippen MR) is 123 cm³/mol. The molecule has 0 unspecified atom stereocenters. The third-order valence-electron chi connectivity index (χ3n) is 5.29. The minimum absolute atomic E-state index is 0.00217. The van der Waals surface area contributed by atoms with Crippen molar-refractivity contribution in [2.24, 2.45) is 0 Å². The number of rotatable bonds is 4. The fraction of sp³-hybridized carbons (Fsp3) is 0.308. The van der Waals surface area contributed by atoms with Gasteiger partial charge >= 0.3 is 0 Å². The van der Waals surface area contributed by atoms with E-state index in [1.807, 2.05) is 55.9 Å². The van der Waals surface area contributed by atoms with Gasteiger partial charge in [0.15, 0.2) is 11.6 Å². The average molecular weight is 418 g/mol. The molecule has 5 heteroatoms. The molecule has 0 spiro atoms. The molecule has 160 valence electrons. The van der Waals surface area contributed by atoms with E-state index in [1.54, 1.807) is 6.07 Å². The molecule has 0 aliphatic heterocycles. The van der Waals surface area contributed by atoms with Crippen molar-refractivity contribution < 1.29 is 9.13 Å². The predicted octanol–water partition coefficient (Wildman–Crippen LogP) is 6.60. The molecule has 4 aromatic rings. The lowest BCUT2D eigenvalue weighted by atomic mass is 9.91. The summed E-state index contributed by atoms with van der Waals surface area (Å²) in [5.74, 6) is -0.0932. The molecule has 1 aromatic carbocycles. The summed E-state index contributed by atoms with van der Waals surface area (Å²) in [5.41, 5.74) is 6.60. The molecular formula is C26H28FN3O. The minimum Gasteiger partial charge on any atom is -0.488 e. The fourth-order valence-corrected chi connectivity index (χ4v) is 3.64. The second-order valence-corrected chi connectivity index (χ2v) is 9.24. The van der Waals surface area contributed by atoms with Crippen LogP contribution in [-0.4, -0.2) is 20.5 Å². The van der Waals surface area contributed by atoms with Gasteiger partial charge in [0.25, 0.3) is 0 Å². The normalized spacial score (nSPS) is 12.0. The molecule has 3 heterocycles. The van der Waals surface area contributed by atoms with Gasteiger partial charge in [0, 0.05) is 34.6 Å². The van der Waals surface area contributed by atoms with E-state index in [1.165, 1.54) is 6.07 Å². The topological polar surface area (TPSA) is 39.4 Å². The van der Waals surface area contributed by atoms with Gasteiger partial charge in [-0.05, 0) is 62.2 Å². The molecule has 4 rings (SSSR count). The molecule has 0 radical (unpaired) electrons. The van der Waals surface area contributed by atoms with Crippen LogP contribution in [0.4, 0.5) is 4.39 Å². The Labute approximate surface area is 182 Å². The molecule has 0 saturated carbocycles. The summed E-state index contributed by atoms with van der Waals surface area (Å²) < 4.78 is 22.2. The van der Waals surface area contributed by atoms with E-state index in [9.17, 15) is 4.39 Å². The number of halogens is 1. The summed E-state index contributed by atoms with van der Waals surface area (Å²) in [7, 11) is 0. The maximum absolute atomic E-state index is 14.6. The Morgan fingerprint density at radius 1 is 0.968 bits per heavy atom. The smallest absolute Gasteiger partial charge is 0.165 e. The SMILES string of the molecule is Cc1cc2ncc(-c3ccc(C(C)(C)C)nc3)n2cc1-c1ccc(OC(C)C)c(F)c1. The van der Waals surface area contributed by atoms with Crippen molar-refractivity contribution in [1.29, 1.82) is 0 Å². The summed E-state index contributed by atoms with van der Waals surface area (Å²) in [6, 6.07) is 11.3. The van der Waals surface area contributed by atoms with Crippen molar-refractivity contribution in [1.82, 2.24) is 14.4 Å².